The maximum Gasteiger partial charge on any atom is 0.332 e. The molecule has 0 aliphatic heterocycles. The molecule has 0 amide bonds. The Kier molecular flexibility index (Phi) is 5.58. The van der Waals surface area contributed by atoms with Gasteiger partial charge in [0, 0.05) is 38.2 Å². The molecule has 0 bridgehead atoms. The Morgan fingerprint density at radius 1 is 1.14 bits per heavy atom. The summed E-state index contributed by atoms with van der Waals surface area (Å²) < 4.78 is 44.8. The molecule has 11 nitrogen and oxygen atoms in total. The molecule has 5 rings (SSSR count). The molecule has 1 aliphatic rings. The normalized spacial score (nSPS) is 14.6. The van der Waals surface area contributed by atoms with Crippen molar-refractivity contribution in [2.24, 2.45) is 14.1 Å². The van der Waals surface area contributed by atoms with Gasteiger partial charge >= 0.3 is 5.69 Å². The minimum atomic E-state index is -3.14. The molecule has 1 saturated carbocycles. The Morgan fingerprint density at radius 2 is 1.91 bits per heavy atom. The van der Waals surface area contributed by atoms with Crippen molar-refractivity contribution in [1.29, 1.82) is 0 Å². The van der Waals surface area contributed by atoms with E-state index in [1.54, 1.807) is 48.1 Å². The fraction of sp³-hybridized carbons (Fsp3) is 0.364. The van der Waals surface area contributed by atoms with Gasteiger partial charge in [-0.15, -0.1) is 0 Å². The summed E-state index contributed by atoms with van der Waals surface area (Å²) in [6.45, 7) is -0.738. The average molecular weight is 502 g/mol. The number of imidazole rings is 1. The smallest absolute Gasteiger partial charge is 0.332 e. The molecule has 184 valence electrons. The van der Waals surface area contributed by atoms with Crippen LogP contribution < -0.4 is 15.6 Å². The maximum absolute atomic E-state index is 13.8. The van der Waals surface area contributed by atoms with Crippen molar-refractivity contribution in [1.82, 2.24) is 28.5 Å². The fourth-order valence-electron chi connectivity index (χ4n) is 4.35. The van der Waals surface area contributed by atoms with Gasteiger partial charge in [-0.25, -0.2) is 22.6 Å². The van der Waals surface area contributed by atoms with Crippen LogP contribution in [0.4, 0.5) is 10.1 Å². The zero-order chi connectivity index (χ0) is 24.9. The van der Waals surface area contributed by atoms with E-state index in [1.807, 2.05) is 0 Å². The lowest BCUT2D eigenvalue weighted by Gasteiger charge is -2.26. The molecular formula is C22H24FN7O4S. The van der Waals surface area contributed by atoms with Crippen LogP contribution in [0.2, 0.25) is 0 Å². The van der Waals surface area contributed by atoms with E-state index in [0.717, 1.165) is 8.87 Å². The summed E-state index contributed by atoms with van der Waals surface area (Å²) in [7, 11) is 0.390. The second-order valence-corrected chi connectivity index (χ2v) is 9.72. The molecule has 0 atom stereocenters. The highest BCUT2D eigenvalue weighted by Gasteiger charge is 2.50. The Labute approximate surface area is 200 Å². The van der Waals surface area contributed by atoms with Crippen molar-refractivity contribution < 1.29 is 12.8 Å². The molecule has 0 unspecified atom stereocenters. The van der Waals surface area contributed by atoms with Gasteiger partial charge in [0.25, 0.3) is 5.56 Å². The largest absolute Gasteiger partial charge is 0.337 e. The van der Waals surface area contributed by atoms with Crippen LogP contribution in [0.1, 0.15) is 24.2 Å². The monoisotopic (exact) mass is 501 g/mol. The SMILES string of the molecule is Cn1cc(Cn2c(=O)c3cc(N([SH](=O)=O)C4(CF)CC4)ccc3n(Cc3nccn3C)c2=O)cn1. The first-order valence-corrected chi connectivity index (χ1v) is 12.1. The van der Waals surface area contributed by atoms with Gasteiger partial charge in [0.1, 0.15) is 12.5 Å². The average Bonchev–Trinajstić information content (AvgIpc) is 3.33. The van der Waals surface area contributed by atoms with Crippen molar-refractivity contribution in [2.45, 2.75) is 31.5 Å². The Morgan fingerprint density at radius 3 is 2.49 bits per heavy atom. The molecule has 13 heteroatoms. The number of aromatic nitrogens is 6. The van der Waals surface area contributed by atoms with E-state index in [2.05, 4.69) is 10.1 Å². The molecule has 1 aliphatic carbocycles. The lowest BCUT2D eigenvalue weighted by molar-refractivity contribution is 0.417. The number of benzene rings is 1. The molecule has 1 fully saturated rings. The Hall–Kier alpha value is -3.74. The van der Waals surface area contributed by atoms with Gasteiger partial charge in [-0.3, -0.25) is 22.9 Å². The molecule has 4 aromatic rings. The molecule has 3 heterocycles. The van der Waals surface area contributed by atoms with Gasteiger partial charge in [-0.05, 0) is 31.0 Å². The predicted molar refractivity (Wildman–Crippen MR) is 128 cm³/mol. The highest BCUT2D eigenvalue weighted by atomic mass is 32.2. The minimum absolute atomic E-state index is 0.0137. The third-order valence-corrected chi connectivity index (χ3v) is 7.44. The lowest BCUT2D eigenvalue weighted by atomic mass is 10.2. The van der Waals surface area contributed by atoms with E-state index < -0.39 is 34.4 Å². The van der Waals surface area contributed by atoms with Gasteiger partial charge in [-0.2, -0.15) is 5.10 Å². The van der Waals surface area contributed by atoms with Crippen LogP contribution in [-0.2, 0) is 38.1 Å². The number of rotatable bonds is 8. The van der Waals surface area contributed by atoms with Gasteiger partial charge in [0.2, 0.25) is 10.9 Å². The van der Waals surface area contributed by atoms with Crippen LogP contribution in [-0.4, -0.2) is 49.1 Å². The summed E-state index contributed by atoms with van der Waals surface area (Å²) in [4.78, 5) is 31.3. The Bertz CT molecular complexity index is 1620. The second kappa shape index (κ2) is 8.48. The lowest BCUT2D eigenvalue weighted by Crippen LogP contribution is -2.41. The Balaban J connectivity index is 1.73. The summed E-state index contributed by atoms with van der Waals surface area (Å²) >= 11 is 0. The van der Waals surface area contributed by atoms with Crippen molar-refractivity contribution in [3.63, 3.8) is 0 Å². The highest BCUT2D eigenvalue weighted by Crippen LogP contribution is 2.45. The first-order chi connectivity index (χ1) is 16.7. The van der Waals surface area contributed by atoms with E-state index >= 15 is 0 Å². The maximum atomic E-state index is 13.8. The number of nitrogens with zero attached hydrogens (tertiary/aromatic N) is 7. The van der Waals surface area contributed by atoms with Crippen molar-refractivity contribution in [3.8, 4) is 0 Å². The molecular weight excluding hydrogens is 477 g/mol. The summed E-state index contributed by atoms with van der Waals surface area (Å²) in [6, 6.07) is 4.46. The fourth-order valence-corrected chi connectivity index (χ4v) is 5.26. The van der Waals surface area contributed by atoms with Crippen LogP contribution in [0.15, 0.2) is 52.6 Å². The zero-order valence-corrected chi connectivity index (χ0v) is 20.1. The molecule has 3 aromatic heterocycles. The van der Waals surface area contributed by atoms with Gasteiger partial charge in [0.15, 0.2) is 0 Å². The number of thiol groups is 1. The highest BCUT2D eigenvalue weighted by molar-refractivity contribution is 7.74. The predicted octanol–water partition coefficient (Wildman–Crippen LogP) is 0.562. The third-order valence-electron chi connectivity index (χ3n) is 6.46. The van der Waals surface area contributed by atoms with Gasteiger partial charge in [0.05, 0.1) is 41.4 Å². The number of alkyl halides is 1. The number of aryl methyl sites for hydroxylation is 2. The minimum Gasteiger partial charge on any atom is -0.337 e. The zero-order valence-electron chi connectivity index (χ0n) is 19.2. The number of halogens is 1. The number of anilines is 1. The van der Waals surface area contributed by atoms with E-state index in [-0.39, 0.29) is 24.2 Å². The summed E-state index contributed by atoms with van der Waals surface area (Å²) in [6.07, 6.45) is 7.43. The first kappa shape index (κ1) is 23.0. The van der Waals surface area contributed by atoms with Gasteiger partial charge in [-0.1, -0.05) is 0 Å². The standard InChI is InChI=1S/C22H24FN7O4S/c1-26-8-7-24-19(26)13-28-18-4-3-16(30(35(33)34)22(14-23)5-6-22)9-17(18)20(31)29(21(28)32)12-15-10-25-27(2)11-15/h3-4,7-11,35H,5-6,12-14H2,1-2H3. The van der Waals surface area contributed by atoms with Crippen molar-refractivity contribution in [3.05, 3.63) is 75.2 Å². The molecule has 35 heavy (non-hydrogen) atoms. The molecule has 0 saturated heterocycles. The molecule has 0 N–H and O–H groups in total. The summed E-state index contributed by atoms with van der Waals surface area (Å²) in [5.74, 6) is 0.600. The topological polar surface area (TPSA) is 117 Å². The van der Waals surface area contributed by atoms with Crippen LogP contribution in [0.3, 0.4) is 0 Å². The molecule has 1 aromatic carbocycles. The molecule has 0 spiro atoms. The second-order valence-electron chi connectivity index (χ2n) is 8.85. The van der Waals surface area contributed by atoms with E-state index in [0.29, 0.717) is 29.7 Å². The molecule has 0 radical (unpaired) electrons. The summed E-state index contributed by atoms with van der Waals surface area (Å²) in [5, 5.41) is 4.25. The number of hydrogen-bond donors (Lipinski definition) is 1. The number of hydrogen-bond acceptors (Lipinski definition) is 6. The van der Waals surface area contributed by atoms with Gasteiger partial charge < -0.3 is 4.57 Å². The van der Waals surface area contributed by atoms with Crippen LogP contribution in [0.25, 0.3) is 10.9 Å². The van der Waals surface area contributed by atoms with Crippen molar-refractivity contribution >= 4 is 27.5 Å². The summed E-state index contributed by atoms with van der Waals surface area (Å²) in [5.41, 5.74) is -1.03. The number of fused-ring (bicyclic) bond motifs is 1. The third kappa shape index (κ3) is 3.95. The van der Waals surface area contributed by atoms with Crippen LogP contribution in [0.5, 0.6) is 0 Å². The van der Waals surface area contributed by atoms with Crippen LogP contribution in [0, 0.1) is 0 Å². The van der Waals surface area contributed by atoms with E-state index in [1.165, 1.54) is 22.8 Å². The van der Waals surface area contributed by atoms with Crippen molar-refractivity contribution in [2.75, 3.05) is 11.0 Å². The van der Waals surface area contributed by atoms with Crippen LogP contribution >= 0.6 is 0 Å². The van der Waals surface area contributed by atoms with E-state index in [9.17, 15) is 22.4 Å². The van der Waals surface area contributed by atoms with E-state index in [4.69, 9.17) is 0 Å². The first-order valence-electron chi connectivity index (χ1n) is 11.0. The quantitative estimate of drug-likeness (QED) is 0.353.